The Kier molecular flexibility index (Phi) is 3.17. The van der Waals surface area contributed by atoms with E-state index in [0.717, 1.165) is 16.7 Å². The van der Waals surface area contributed by atoms with Crippen LogP contribution in [0.4, 0.5) is 0 Å². The highest BCUT2D eigenvalue weighted by molar-refractivity contribution is 7.90. The van der Waals surface area contributed by atoms with Crippen LogP contribution in [0.15, 0.2) is 53.4 Å². The van der Waals surface area contributed by atoms with Gasteiger partial charge in [0.1, 0.15) is 0 Å². The number of hydrogen-bond donors (Lipinski definition) is 0. The minimum Gasteiger partial charge on any atom is -0.223 e. The van der Waals surface area contributed by atoms with Crippen molar-refractivity contribution >= 4 is 9.84 Å². The summed E-state index contributed by atoms with van der Waals surface area (Å²) >= 11 is 0. The molecule has 0 radical (unpaired) electrons. The van der Waals surface area contributed by atoms with Crippen molar-refractivity contribution in [3.05, 3.63) is 65.2 Å². The zero-order valence-corrected chi connectivity index (χ0v) is 12.5. The average molecular weight is 286 g/mol. The Morgan fingerprint density at radius 1 is 0.950 bits per heavy atom. The Balaban J connectivity index is 2.37. The molecule has 1 aliphatic heterocycles. The molecular formula is C17H18O2S. The number of fused-ring (bicyclic) bond motifs is 2. The minimum atomic E-state index is -3.26. The summed E-state index contributed by atoms with van der Waals surface area (Å²) in [6.45, 7) is 4.30. The Bertz CT molecular complexity index is 745. The summed E-state index contributed by atoms with van der Waals surface area (Å²) in [4.78, 5) is 0.495. The monoisotopic (exact) mass is 286 g/mol. The molecule has 0 saturated heterocycles. The van der Waals surface area contributed by atoms with Crippen LogP contribution in [0.2, 0.25) is 0 Å². The lowest BCUT2D eigenvalue weighted by atomic mass is 9.81. The molecule has 20 heavy (non-hydrogen) atoms. The molecule has 0 bridgehead atoms. The maximum absolute atomic E-state index is 12.6. The fourth-order valence-corrected chi connectivity index (χ4v) is 4.83. The van der Waals surface area contributed by atoms with Gasteiger partial charge in [-0.2, -0.15) is 0 Å². The second-order valence-corrected chi connectivity index (χ2v) is 7.68. The van der Waals surface area contributed by atoms with E-state index in [4.69, 9.17) is 0 Å². The Morgan fingerprint density at radius 2 is 1.55 bits per heavy atom. The summed E-state index contributed by atoms with van der Waals surface area (Å²) in [7, 11) is -3.26. The maximum atomic E-state index is 12.6. The first-order valence-corrected chi connectivity index (χ1v) is 8.55. The van der Waals surface area contributed by atoms with Crippen molar-refractivity contribution in [1.29, 1.82) is 0 Å². The molecule has 0 spiro atoms. The van der Waals surface area contributed by atoms with Gasteiger partial charge in [-0.05, 0) is 28.7 Å². The second-order valence-electron chi connectivity index (χ2n) is 5.72. The SMILES string of the molecule is CC(C)C1c2ccccc2CS(=O)(=O)c2ccccc21. The van der Waals surface area contributed by atoms with Crippen molar-refractivity contribution in [1.82, 2.24) is 0 Å². The maximum Gasteiger partial charge on any atom is 0.182 e. The minimum absolute atomic E-state index is 0.101. The fourth-order valence-electron chi connectivity index (χ4n) is 3.16. The van der Waals surface area contributed by atoms with E-state index in [2.05, 4.69) is 19.9 Å². The quantitative estimate of drug-likeness (QED) is 0.800. The first-order chi connectivity index (χ1) is 9.50. The van der Waals surface area contributed by atoms with Gasteiger partial charge < -0.3 is 0 Å². The van der Waals surface area contributed by atoms with Crippen LogP contribution in [0.5, 0.6) is 0 Å². The van der Waals surface area contributed by atoms with Crippen LogP contribution in [0, 0.1) is 5.92 Å². The van der Waals surface area contributed by atoms with Crippen molar-refractivity contribution in [2.75, 3.05) is 0 Å². The van der Waals surface area contributed by atoms with E-state index in [9.17, 15) is 8.42 Å². The zero-order chi connectivity index (χ0) is 14.3. The highest BCUT2D eigenvalue weighted by Gasteiger charge is 2.32. The van der Waals surface area contributed by atoms with E-state index in [1.165, 1.54) is 0 Å². The molecule has 104 valence electrons. The molecule has 3 heteroatoms. The van der Waals surface area contributed by atoms with Crippen LogP contribution in [-0.2, 0) is 15.6 Å². The first-order valence-electron chi connectivity index (χ1n) is 6.90. The normalized spacial score (nSPS) is 20.1. The summed E-state index contributed by atoms with van der Waals surface area (Å²) in [5.74, 6) is 0.592. The summed E-state index contributed by atoms with van der Waals surface area (Å²) in [5, 5.41) is 0. The summed E-state index contributed by atoms with van der Waals surface area (Å²) in [6, 6.07) is 15.4. The first kappa shape index (κ1) is 13.4. The van der Waals surface area contributed by atoms with Gasteiger partial charge in [-0.1, -0.05) is 56.3 Å². The van der Waals surface area contributed by atoms with Crippen molar-refractivity contribution in [3.8, 4) is 0 Å². The number of sulfone groups is 1. The standard InChI is InChI=1S/C17H18O2S/c1-12(2)17-14-8-4-3-7-13(14)11-20(18,19)16-10-6-5-9-15(16)17/h3-10,12,17H,11H2,1-2H3. The molecule has 1 unspecified atom stereocenters. The number of hydrogen-bond acceptors (Lipinski definition) is 2. The molecule has 0 aromatic heterocycles. The lowest BCUT2D eigenvalue weighted by Gasteiger charge is -2.23. The van der Waals surface area contributed by atoms with Crippen molar-refractivity contribution in [2.45, 2.75) is 30.4 Å². The van der Waals surface area contributed by atoms with Crippen LogP contribution in [0.1, 0.15) is 36.5 Å². The predicted octanol–water partition coefficient (Wildman–Crippen LogP) is 3.76. The van der Waals surface area contributed by atoms with E-state index in [0.29, 0.717) is 10.8 Å². The molecule has 3 rings (SSSR count). The molecule has 1 atom stereocenters. The number of rotatable bonds is 1. The van der Waals surface area contributed by atoms with Gasteiger partial charge >= 0.3 is 0 Å². The molecule has 0 N–H and O–H groups in total. The Morgan fingerprint density at radius 3 is 2.25 bits per heavy atom. The van der Waals surface area contributed by atoms with Crippen LogP contribution in [0.3, 0.4) is 0 Å². The van der Waals surface area contributed by atoms with Crippen LogP contribution >= 0.6 is 0 Å². The van der Waals surface area contributed by atoms with Gasteiger partial charge in [0.05, 0.1) is 10.6 Å². The molecule has 0 aliphatic carbocycles. The third kappa shape index (κ3) is 2.06. The lowest BCUT2D eigenvalue weighted by Crippen LogP contribution is -2.10. The van der Waals surface area contributed by atoms with E-state index in [1.807, 2.05) is 36.4 Å². The summed E-state index contributed by atoms with van der Waals surface area (Å²) in [5.41, 5.74) is 3.02. The van der Waals surface area contributed by atoms with Crippen LogP contribution in [0.25, 0.3) is 0 Å². The molecule has 1 heterocycles. The Hall–Kier alpha value is -1.61. The molecule has 1 aliphatic rings. The van der Waals surface area contributed by atoms with Crippen LogP contribution < -0.4 is 0 Å². The van der Waals surface area contributed by atoms with Gasteiger partial charge in [0.2, 0.25) is 0 Å². The lowest BCUT2D eigenvalue weighted by molar-refractivity contribution is 0.554. The van der Waals surface area contributed by atoms with Crippen molar-refractivity contribution in [3.63, 3.8) is 0 Å². The van der Waals surface area contributed by atoms with Gasteiger partial charge in [0, 0.05) is 5.92 Å². The van der Waals surface area contributed by atoms with E-state index < -0.39 is 9.84 Å². The zero-order valence-electron chi connectivity index (χ0n) is 11.7. The van der Waals surface area contributed by atoms with Crippen molar-refractivity contribution in [2.24, 2.45) is 5.92 Å². The highest BCUT2D eigenvalue weighted by atomic mass is 32.2. The fraction of sp³-hybridized carbons (Fsp3) is 0.294. The van der Waals surface area contributed by atoms with Gasteiger partial charge in [0.15, 0.2) is 9.84 Å². The molecule has 0 amide bonds. The second kappa shape index (κ2) is 4.74. The molecule has 0 saturated carbocycles. The largest absolute Gasteiger partial charge is 0.223 e. The molecule has 2 aromatic carbocycles. The third-order valence-corrected chi connectivity index (χ3v) is 5.72. The van der Waals surface area contributed by atoms with Gasteiger partial charge in [-0.15, -0.1) is 0 Å². The average Bonchev–Trinajstić information content (AvgIpc) is 2.50. The summed E-state index contributed by atoms with van der Waals surface area (Å²) in [6.07, 6.45) is 0. The third-order valence-electron chi connectivity index (χ3n) is 3.99. The van der Waals surface area contributed by atoms with E-state index in [-0.39, 0.29) is 11.7 Å². The smallest absolute Gasteiger partial charge is 0.182 e. The predicted molar refractivity (Wildman–Crippen MR) is 80.5 cm³/mol. The van der Waals surface area contributed by atoms with E-state index >= 15 is 0 Å². The molecule has 2 aromatic rings. The topological polar surface area (TPSA) is 34.1 Å². The van der Waals surface area contributed by atoms with Crippen molar-refractivity contribution < 1.29 is 8.42 Å². The van der Waals surface area contributed by atoms with Gasteiger partial charge in [-0.3, -0.25) is 0 Å². The molecule has 2 nitrogen and oxygen atoms in total. The molecular weight excluding hydrogens is 268 g/mol. The van der Waals surface area contributed by atoms with Crippen LogP contribution in [-0.4, -0.2) is 8.42 Å². The highest BCUT2D eigenvalue weighted by Crippen LogP contribution is 2.41. The van der Waals surface area contributed by atoms with E-state index in [1.54, 1.807) is 6.07 Å². The Labute approximate surface area is 120 Å². The van der Waals surface area contributed by atoms with Gasteiger partial charge in [-0.25, -0.2) is 8.42 Å². The van der Waals surface area contributed by atoms with Gasteiger partial charge in [0.25, 0.3) is 0 Å². The molecule has 0 fully saturated rings. The number of benzene rings is 2. The summed E-state index contributed by atoms with van der Waals surface area (Å²) < 4.78 is 25.2.